The highest BCUT2D eigenvalue weighted by Gasteiger charge is 2.23. The molecule has 7 nitrogen and oxygen atoms in total. The molecule has 0 fully saturated rings. The number of rotatable bonds is 10. The van der Waals surface area contributed by atoms with Crippen molar-refractivity contribution in [3.63, 3.8) is 0 Å². The Morgan fingerprint density at radius 3 is 2.25 bits per heavy atom. The van der Waals surface area contributed by atoms with Crippen molar-refractivity contribution >= 4 is 49.9 Å². The summed E-state index contributed by atoms with van der Waals surface area (Å²) >= 11 is 6.60. The number of carbonyl (C=O) groups excluding carboxylic acids is 1. The summed E-state index contributed by atoms with van der Waals surface area (Å²) in [5, 5.41) is 2.73. The lowest BCUT2D eigenvalue weighted by Crippen LogP contribution is -2.30. The van der Waals surface area contributed by atoms with Crippen molar-refractivity contribution in [2.75, 3.05) is 44.4 Å². The second-order valence-electron chi connectivity index (χ2n) is 5.73. The number of hydrogen-bond acceptors (Lipinski definition) is 6. The molecule has 158 valence electrons. The maximum absolute atomic E-state index is 12.7. The van der Waals surface area contributed by atoms with Crippen LogP contribution in [0.15, 0.2) is 23.1 Å². The molecule has 0 unspecified atom stereocenters. The van der Waals surface area contributed by atoms with E-state index in [1.54, 1.807) is 19.9 Å². The van der Waals surface area contributed by atoms with Crippen molar-refractivity contribution in [1.82, 2.24) is 9.21 Å². The molecule has 0 saturated carbocycles. The van der Waals surface area contributed by atoms with Crippen molar-refractivity contribution in [3.05, 3.63) is 18.2 Å². The van der Waals surface area contributed by atoms with Crippen molar-refractivity contribution in [1.29, 1.82) is 0 Å². The Morgan fingerprint density at radius 1 is 1.14 bits per heavy atom. The molecule has 0 atom stereocenters. The summed E-state index contributed by atoms with van der Waals surface area (Å²) in [7, 11) is -2.17. The van der Waals surface area contributed by atoms with Crippen LogP contribution in [-0.4, -0.2) is 66.9 Å². The monoisotopic (exact) mass is 447 g/mol. The molecule has 0 spiro atoms. The molecule has 1 rings (SSSR count). The Balaban J connectivity index is 2.98. The Hall–Kier alpha value is -1.36. The van der Waals surface area contributed by atoms with Crippen molar-refractivity contribution < 1.29 is 17.9 Å². The van der Waals surface area contributed by atoms with Crippen LogP contribution in [-0.2, 0) is 14.8 Å². The zero-order chi connectivity index (χ0) is 21.3. The van der Waals surface area contributed by atoms with Crippen LogP contribution >= 0.6 is 24.0 Å². The van der Waals surface area contributed by atoms with Gasteiger partial charge in [-0.15, -0.1) is 0 Å². The van der Waals surface area contributed by atoms with Crippen LogP contribution in [0.4, 0.5) is 5.69 Å². The van der Waals surface area contributed by atoms with Crippen molar-refractivity contribution in [2.24, 2.45) is 0 Å². The molecule has 0 heterocycles. The molecular weight excluding hydrogens is 418 g/mol. The highest BCUT2D eigenvalue weighted by atomic mass is 32.2. The van der Waals surface area contributed by atoms with E-state index in [-0.39, 0.29) is 16.6 Å². The van der Waals surface area contributed by atoms with Crippen molar-refractivity contribution in [2.45, 2.75) is 32.6 Å². The third-order valence-corrected chi connectivity index (χ3v) is 7.71. The molecule has 0 bridgehead atoms. The van der Waals surface area contributed by atoms with E-state index in [4.69, 9.17) is 17.0 Å². The van der Waals surface area contributed by atoms with Crippen LogP contribution in [0.1, 0.15) is 27.7 Å². The lowest BCUT2D eigenvalue weighted by Gasteiger charge is -2.21. The van der Waals surface area contributed by atoms with E-state index in [2.05, 4.69) is 5.32 Å². The second kappa shape index (κ2) is 11.6. The number of hydrogen-bond donors (Lipinski definition) is 1. The average molecular weight is 448 g/mol. The number of sulfonamides is 1. The summed E-state index contributed by atoms with van der Waals surface area (Å²) < 4.78 is 32.7. The number of thiocarbonyl (C=S) groups is 1. The minimum atomic E-state index is -3.63. The van der Waals surface area contributed by atoms with Gasteiger partial charge in [-0.05, 0) is 32.0 Å². The first-order valence-corrected chi connectivity index (χ1v) is 12.0. The molecule has 0 aromatic heterocycles. The summed E-state index contributed by atoms with van der Waals surface area (Å²) in [6.45, 7) is 9.86. The van der Waals surface area contributed by atoms with Crippen molar-refractivity contribution in [3.8, 4) is 5.75 Å². The van der Waals surface area contributed by atoms with Gasteiger partial charge >= 0.3 is 0 Å². The Kier molecular flexibility index (Phi) is 10.2. The van der Waals surface area contributed by atoms with Gasteiger partial charge in [0.05, 0.1) is 23.4 Å². The van der Waals surface area contributed by atoms with Crippen LogP contribution in [0.5, 0.6) is 5.75 Å². The Labute approximate surface area is 177 Å². The first kappa shape index (κ1) is 24.7. The van der Waals surface area contributed by atoms with Gasteiger partial charge in [-0.1, -0.05) is 37.8 Å². The van der Waals surface area contributed by atoms with Crippen LogP contribution in [0, 0.1) is 0 Å². The molecule has 0 aliphatic heterocycles. The predicted octanol–water partition coefficient (Wildman–Crippen LogP) is 3.02. The van der Waals surface area contributed by atoms with E-state index in [1.807, 2.05) is 18.7 Å². The summed E-state index contributed by atoms with van der Waals surface area (Å²) in [5.41, 5.74) is 0.315. The Morgan fingerprint density at radius 2 is 1.75 bits per heavy atom. The quantitative estimate of drug-likeness (QED) is 0.552. The first-order valence-electron chi connectivity index (χ1n) is 9.14. The Bertz CT molecular complexity index is 776. The number of thioether (sulfide) groups is 1. The van der Waals surface area contributed by atoms with Crippen LogP contribution < -0.4 is 10.1 Å². The fraction of sp³-hybridized carbons (Fsp3) is 0.556. The largest absolute Gasteiger partial charge is 0.495 e. The summed E-state index contributed by atoms with van der Waals surface area (Å²) in [5.74, 6) is 0.240. The molecule has 0 saturated heterocycles. The molecule has 28 heavy (non-hydrogen) atoms. The minimum Gasteiger partial charge on any atom is -0.495 e. The summed E-state index contributed by atoms with van der Waals surface area (Å²) in [6.07, 6.45) is 0. The molecular formula is C18H29N3O4S3. The zero-order valence-corrected chi connectivity index (χ0v) is 19.5. The number of amides is 1. The van der Waals surface area contributed by atoms with Gasteiger partial charge in [-0.2, -0.15) is 4.31 Å². The van der Waals surface area contributed by atoms with Gasteiger partial charge in [-0.3, -0.25) is 4.79 Å². The fourth-order valence-corrected chi connectivity index (χ4v) is 5.23. The SMILES string of the molecule is CCN(CC)C(=S)SCC(=O)Nc1cc(S(=O)(=O)N(CC)CC)ccc1OC. The number of methoxy groups -OCH3 is 1. The molecule has 1 amide bonds. The smallest absolute Gasteiger partial charge is 0.243 e. The third-order valence-electron chi connectivity index (χ3n) is 4.14. The van der Waals surface area contributed by atoms with E-state index in [0.29, 0.717) is 28.8 Å². The number of benzene rings is 1. The maximum Gasteiger partial charge on any atom is 0.243 e. The molecule has 0 radical (unpaired) electrons. The normalized spacial score (nSPS) is 11.4. The number of ether oxygens (including phenoxy) is 1. The molecule has 1 aromatic carbocycles. The fourth-order valence-electron chi connectivity index (χ4n) is 2.54. The van der Waals surface area contributed by atoms with Gasteiger partial charge in [0.2, 0.25) is 15.9 Å². The minimum absolute atomic E-state index is 0.110. The second-order valence-corrected chi connectivity index (χ2v) is 9.27. The van der Waals surface area contributed by atoms with Gasteiger partial charge < -0.3 is 15.0 Å². The summed E-state index contributed by atoms with van der Waals surface area (Å²) in [6, 6.07) is 4.45. The van der Waals surface area contributed by atoms with Gasteiger partial charge in [0.1, 0.15) is 10.1 Å². The molecule has 0 aliphatic rings. The predicted molar refractivity (Wildman–Crippen MR) is 120 cm³/mol. The molecule has 1 N–H and O–H groups in total. The number of nitrogens with one attached hydrogen (secondary N) is 1. The van der Waals surface area contributed by atoms with Crippen LogP contribution in [0.25, 0.3) is 0 Å². The highest BCUT2D eigenvalue weighted by Crippen LogP contribution is 2.29. The maximum atomic E-state index is 12.7. The van der Waals surface area contributed by atoms with E-state index in [1.165, 1.54) is 35.3 Å². The van der Waals surface area contributed by atoms with E-state index >= 15 is 0 Å². The standard InChI is InChI=1S/C18H29N3O4S3/c1-6-20(7-2)18(26)27-13-17(22)19-15-12-14(10-11-16(15)25-5)28(23,24)21(8-3)9-4/h10-12H,6-9,13H2,1-5H3,(H,19,22). The summed E-state index contributed by atoms with van der Waals surface area (Å²) in [4.78, 5) is 14.5. The van der Waals surface area contributed by atoms with Crippen LogP contribution in [0.2, 0.25) is 0 Å². The van der Waals surface area contributed by atoms with Gasteiger partial charge in [0.25, 0.3) is 0 Å². The third kappa shape index (κ3) is 6.33. The molecule has 0 aliphatic carbocycles. The van der Waals surface area contributed by atoms with Gasteiger partial charge in [0, 0.05) is 26.2 Å². The van der Waals surface area contributed by atoms with E-state index in [0.717, 1.165) is 13.1 Å². The zero-order valence-electron chi connectivity index (χ0n) is 17.0. The topological polar surface area (TPSA) is 79.0 Å². The number of carbonyl (C=O) groups is 1. The van der Waals surface area contributed by atoms with E-state index < -0.39 is 10.0 Å². The molecule has 1 aromatic rings. The first-order chi connectivity index (χ1) is 13.2. The lowest BCUT2D eigenvalue weighted by molar-refractivity contribution is -0.113. The van der Waals surface area contributed by atoms with Gasteiger partial charge in [0.15, 0.2) is 0 Å². The number of anilines is 1. The lowest BCUT2D eigenvalue weighted by atomic mass is 10.3. The van der Waals surface area contributed by atoms with E-state index in [9.17, 15) is 13.2 Å². The molecule has 10 heteroatoms. The average Bonchev–Trinajstić information content (AvgIpc) is 2.68. The number of nitrogens with zero attached hydrogens (tertiary/aromatic N) is 2. The van der Waals surface area contributed by atoms with Gasteiger partial charge in [-0.25, -0.2) is 8.42 Å². The van der Waals surface area contributed by atoms with Crippen LogP contribution in [0.3, 0.4) is 0 Å². The highest BCUT2D eigenvalue weighted by molar-refractivity contribution is 8.23.